The van der Waals surface area contributed by atoms with Gasteiger partial charge >= 0.3 is 5.97 Å². The highest BCUT2D eigenvalue weighted by Crippen LogP contribution is 2.21. The molecule has 0 heterocycles. The topological polar surface area (TPSA) is 57.5 Å². The number of aliphatic hydroxyl groups is 1. The average Bonchev–Trinajstić information content (AvgIpc) is 2.08. The van der Waals surface area contributed by atoms with E-state index in [9.17, 15) is 9.90 Å². The van der Waals surface area contributed by atoms with E-state index < -0.39 is 12.1 Å². The molecule has 0 aromatic heterocycles. The molecule has 3 heteroatoms. The Hall–Kier alpha value is -1.35. The first-order valence-electron chi connectivity index (χ1n) is 4.47. The molecule has 0 radical (unpaired) electrons. The minimum absolute atomic E-state index is 0.246. The molecule has 0 bridgehead atoms. The Balaban J connectivity index is 2.93. The Bertz CT molecular complexity index is 344. The molecule has 2 N–H and O–H groups in total. The van der Waals surface area contributed by atoms with Crippen molar-refractivity contribution in [2.45, 2.75) is 26.4 Å². The molecule has 1 rings (SSSR count). The van der Waals surface area contributed by atoms with Gasteiger partial charge in [-0.1, -0.05) is 23.8 Å². The molecule has 0 aliphatic carbocycles. The highest BCUT2D eigenvalue weighted by atomic mass is 16.4. The van der Waals surface area contributed by atoms with Gasteiger partial charge in [0.25, 0.3) is 0 Å². The Morgan fingerprint density at radius 2 is 2.07 bits per heavy atom. The normalized spacial score (nSPS) is 12.5. The first kappa shape index (κ1) is 10.7. The van der Waals surface area contributed by atoms with Gasteiger partial charge in [0, 0.05) is 0 Å². The number of rotatable bonds is 3. The molecule has 0 aliphatic heterocycles. The number of aliphatic hydroxyl groups excluding tert-OH is 1. The fourth-order valence-corrected chi connectivity index (χ4v) is 1.39. The van der Waals surface area contributed by atoms with Crippen molar-refractivity contribution in [2.24, 2.45) is 0 Å². The third-order valence-electron chi connectivity index (χ3n) is 2.16. The van der Waals surface area contributed by atoms with Crippen LogP contribution < -0.4 is 0 Å². The highest BCUT2D eigenvalue weighted by Gasteiger charge is 2.13. The standard InChI is InChI=1S/C11H14O3/c1-7-3-4-8(2)9(5-7)10(12)6-11(13)14/h3-5,10,12H,6H2,1-2H3,(H,13,14)/t10-/m0/s1. The van der Waals surface area contributed by atoms with Crippen molar-refractivity contribution in [1.29, 1.82) is 0 Å². The summed E-state index contributed by atoms with van der Waals surface area (Å²) in [5, 5.41) is 18.2. The predicted molar refractivity (Wildman–Crippen MR) is 53.1 cm³/mol. The number of carboxylic acid groups (broad SMARTS) is 1. The summed E-state index contributed by atoms with van der Waals surface area (Å²) in [6.45, 7) is 3.77. The van der Waals surface area contributed by atoms with E-state index >= 15 is 0 Å². The Morgan fingerprint density at radius 1 is 1.43 bits per heavy atom. The lowest BCUT2D eigenvalue weighted by Gasteiger charge is -2.12. The summed E-state index contributed by atoms with van der Waals surface area (Å²) < 4.78 is 0. The molecule has 0 saturated heterocycles. The van der Waals surface area contributed by atoms with Crippen molar-refractivity contribution < 1.29 is 15.0 Å². The number of carboxylic acids is 1. The number of benzene rings is 1. The summed E-state index contributed by atoms with van der Waals surface area (Å²) in [7, 11) is 0. The summed E-state index contributed by atoms with van der Waals surface area (Å²) in [4.78, 5) is 10.4. The van der Waals surface area contributed by atoms with Crippen LogP contribution in [-0.4, -0.2) is 16.2 Å². The molecule has 0 saturated carbocycles. The van der Waals surface area contributed by atoms with Crippen LogP contribution in [0.25, 0.3) is 0 Å². The number of hydrogen-bond acceptors (Lipinski definition) is 2. The summed E-state index contributed by atoms with van der Waals surface area (Å²) in [5.74, 6) is -0.988. The summed E-state index contributed by atoms with van der Waals surface area (Å²) >= 11 is 0. The highest BCUT2D eigenvalue weighted by molar-refractivity contribution is 5.67. The van der Waals surface area contributed by atoms with Gasteiger partial charge < -0.3 is 10.2 Å². The minimum atomic E-state index is -0.988. The molecule has 0 unspecified atom stereocenters. The smallest absolute Gasteiger partial charge is 0.306 e. The van der Waals surface area contributed by atoms with Crippen LogP contribution in [0, 0.1) is 13.8 Å². The van der Waals surface area contributed by atoms with Crippen molar-refractivity contribution in [3.8, 4) is 0 Å². The number of carbonyl (C=O) groups is 1. The van der Waals surface area contributed by atoms with Crippen LogP contribution in [0.1, 0.15) is 29.2 Å². The van der Waals surface area contributed by atoms with Crippen LogP contribution in [-0.2, 0) is 4.79 Å². The van der Waals surface area contributed by atoms with E-state index in [0.29, 0.717) is 5.56 Å². The fraction of sp³-hybridized carbons (Fsp3) is 0.364. The molecule has 0 spiro atoms. The second-order valence-corrected chi connectivity index (χ2v) is 3.47. The zero-order valence-corrected chi connectivity index (χ0v) is 8.32. The molecular formula is C11H14O3. The van der Waals surface area contributed by atoms with Gasteiger partial charge in [-0.15, -0.1) is 0 Å². The van der Waals surface area contributed by atoms with E-state index in [1.54, 1.807) is 0 Å². The Morgan fingerprint density at radius 3 is 2.64 bits per heavy atom. The first-order valence-corrected chi connectivity index (χ1v) is 4.47. The van der Waals surface area contributed by atoms with Crippen molar-refractivity contribution in [3.63, 3.8) is 0 Å². The predicted octanol–water partition coefficient (Wildman–Crippen LogP) is 1.81. The van der Waals surface area contributed by atoms with Crippen molar-refractivity contribution in [3.05, 3.63) is 34.9 Å². The molecular weight excluding hydrogens is 180 g/mol. The second-order valence-electron chi connectivity index (χ2n) is 3.47. The maximum Gasteiger partial charge on any atom is 0.306 e. The third-order valence-corrected chi connectivity index (χ3v) is 2.16. The molecule has 1 atom stereocenters. The van der Waals surface area contributed by atoms with Crippen LogP contribution in [0.15, 0.2) is 18.2 Å². The molecule has 3 nitrogen and oxygen atoms in total. The Kier molecular flexibility index (Phi) is 3.25. The lowest BCUT2D eigenvalue weighted by atomic mass is 9.99. The molecule has 0 aliphatic rings. The molecule has 76 valence electrons. The number of aliphatic carboxylic acids is 1. The second kappa shape index (κ2) is 4.24. The largest absolute Gasteiger partial charge is 0.481 e. The van der Waals surface area contributed by atoms with E-state index in [2.05, 4.69) is 0 Å². The van der Waals surface area contributed by atoms with Gasteiger partial charge in [-0.2, -0.15) is 0 Å². The number of aryl methyl sites for hydroxylation is 2. The number of hydrogen-bond donors (Lipinski definition) is 2. The van der Waals surface area contributed by atoms with Gasteiger partial charge in [0.15, 0.2) is 0 Å². The molecule has 1 aromatic carbocycles. The maximum absolute atomic E-state index is 10.4. The van der Waals surface area contributed by atoms with E-state index in [-0.39, 0.29) is 6.42 Å². The quantitative estimate of drug-likeness (QED) is 0.771. The summed E-state index contributed by atoms with van der Waals surface area (Å²) in [5.41, 5.74) is 2.65. The van der Waals surface area contributed by atoms with Crippen molar-refractivity contribution in [2.75, 3.05) is 0 Å². The maximum atomic E-state index is 10.4. The van der Waals surface area contributed by atoms with Crippen LogP contribution in [0.4, 0.5) is 0 Å². The average molecular weight is 194 g/mol. The molecule has 0 fully saturated rings. The Labute approximate surface area is 83.0 Å². The van der Waals surface area contributed by atoms with Crippen LogP contribution in [0.5, 0.6) is 0 Å². The van der Waals surface area contributed by atoms with E-state index in [4.69, 9.17) is 5.11 Å². The molecule has 1 aromatic rings. The molecule has 14 heavy (non-hydrogen) atoms. The zero-order chi connectivity index (χ0) is 10.7. The summed E-state index contributed by atoms with van der Waals surface area (Å²) in [6, 6.07) is 5.64. The lowest BCUT2D eigenvalue weighted by molar-refractivity contribution is -0.139. The van der Waals surface area contributed by atoms with Gasteiger partial charge in [-0.3, -0.25) is 4.79 Å². The molecule has 0 amide bonds. The van der Waals surface area contributed by atoms with Crippen molar-refractivity contribution in [1.82, 2.24) is 0 Å². The minimum Gasteiger partial charge on any atom is -0.481 e. The van der Waals surface area contributed by atoms with E-state index in [0.717, 1.165) is 11.1 Å². The lowest BCUT2D eigenvalue weighted by Crippen LogP contribution is -2.07. The SMILES string of the molecule is Cc1ccc(C)c([C@@H](O)CC(=O)O)c1. The van der Waals surface area contributed by atoms with Gasteiger partial charge in [0.1, 0.15) is 0 Å². The fourth-order valence-electron chi connectivity index (χ4n) is 1.39. The first-order chi connectivity index (χ1) is 6.50. The van der Waals surface area contributed by atoms with Gasteiger partial charge in [-0.25, -0.2) is 0 Å². The summed E-state index contributed by atoms with van der Waals surface area (Å²) in [6.07, 6.45) is -1.16. The van der Waals surface area contributed by atoms with Gasteiger partial charge in [0.05, 0.1) is 12.5 Å². The van der Waals surface area contributed by atoms with E-state index in [1.807, 2.05) is 32.0 Å². The van der Waals surface area contributed by atoms with Gasteiger partial charge in [0.2, 0.25) is 0 Å². The van der Waals surface area contributed by atoms with Gasteiger partial charge in [-0.05, 0) is 25.0 Å². The zero-order valence-electron chi connectivity index (χ0n) is 8.32. The monoisotopic (exact) mass is 194 g/mol. The van der Waals surface area contributed by atoms with Crippen molar-refractivity contribution >= 4 is 5.97 Å². The van der Waals surface area contributed by atoms with E-state index in [1.165, 1.54) is 0 Å². The van der Waals surface area contributed by atoms with Crippen LogP contribution in [0.3, 0.4) is 0 Å². The van der Waals surface area contributed by atoms with Crippen LogP contribution >= 0.6 is 0 Å². The van der Waals surface area contributed by atoms with Crippen LogP contribution in [0.2, 0.25) is 0 Å². The third kappa shape index (κ3) is 2.57.